The van der Waals surface area contributed by atoms with E-state index in [4.69, 9.17) is 0 Å². The van der Waals surface area contributed by atoms with Crippen LogP contribution in [0.5, 0.6) is 5.75 Å². The summed E-state index contributed by atoms with van der Waals surface area (Å²) in [5.74, 6) is -0.440. The van der Waals surface area contributed by atoms with Crippen molar-refractivity contribution >= 4 is 11.8 Å². The highest BCUT2D eigenvalue weighted by Gasteiger charge is 2.09. The Labute approximate surface area is 106 Å². The van der Waals surface area contributed by atoms with Crippen LogP contribution in [0.4, 0.5) is 0 Å². The molecule has 0 radical (unpaired) electrons. The van der Waals surface area contributed by atoms with E-state index in [1.807, 2.05) is 13.8 Å². The van der Waals surface area contributed by atoms with E-state index >= 15 is 0 Å². The molecule has 2 amide bonds. The number of rotatable bonds is 5. The molecule has 0 saturated carbocycles. The lowest BCUT2D eigenvalue weighted by atomic mass is 10.1. The first-order valence-corrected chi connectivity index (χ1v) is 5.82. The number of nitrogens with one attached hydrogen (secondary N) is 2. The van der Waals surface area contributed by atoms with Crippen molar-refractivity contribution in [1.29, 1.82) is 0 Å². The van der Waals surface area contributed by atoms with Crippen LogP contribution >= 0.6 is 0 Å². The molecule has 0 aromatic heterocycles. The quantitative estimate of drug-likeness (QED) is 0.715. The fraction of sp³-hybridized carbons (Fsp3) is 0.385. The molecule has 5 nitrogen and oxygen atoms in total. The Morgan fingerprint density at radius 1 is 1.22 bits per heavy atom. The monoisotopic (exact) mass is 250 g/mol. The van der Waals surface area contributed by atoms with Crippen LogP contribution < -0.4 is 10.6 Å². The molecule has 1 aromatic rings. The van der Waals surface area contributed by atoms with Crippen molar-refractivity contribution < 1.29 is 14.7 Å². The summed E-state index contributed by atoms with van der Waals surface area (Å²) in [6, 6.07) is 6.67. The zero-order chi connectivity index (χ0) is 13.5. The lowest BCUT2D eigenvalue weighted by Crippen LogP contribution is -2.40. The predicted octanol–water partition coefficient (Wildman–Crippen LogP) is 0.575. The Morgan fingerprint density at radius 2 is 1.89 bits per heavy atom. The fourth-order valence-corrected chi connectivity index (χ4v) is 1.45. The van der Waals surface area contributed by atoms with Gasteiger partial charge in [0.25, 0.3) is 0 Å². The van der Waals surface area contributed by atoms with Gasteiger partial charge in [-0.25, -0.2) is 0 Å². The molecule has 5 heteroatoms. The van der Waals surface area contributed by atoms with E-state index in [0.29, 0.717) is 5.56 Å². The number of carbonyl (C=O) groups excluding carboxylic acids is 2. The van der Waals surface area contributed by atoms with Crippen LogP contribution in [0, 0.1) is 0 Å². The molecule has 18 heavy (non-hydrogen) atoms. The number of phenols is 1. The highest BCUT2D eigenvalue weighted by Crippen LogP contribution is 2.15. The molecule has 98 valence electrons. The van der Waals surface area contributed by atoms with Crippen LogP contribution in [0.3, 0.4) is 0 Å². The summed E-state index contributed by atoms with van der Waals surface area (Å²) < 4.78 is 0. The molecular weight excluding hydrogens is 232 g/mol. The second-order valence-electron chi connectivity index (χ2n) is 4.30. The molecule has 0 spiro atoms. The Kier molecular flexibility index (Phi) is 5.17. The lowest BCUT2D eigenvalue weighted by Gasteiger charge is -2.09. The summed E-state index contributed by atoms with van der Waals surface area (Å²) in [4.78, 5) is 22.9. The minimum absolute atomic E-state index is 0.0487. The Morgan fingerprint density at radius 3 is 2.50 bits per heavy atom. The number of phenolic OH excluding ortho intramolecular Hbond substituents is 1. The summed E-state index contributed by atoms with van der Waals surface area (Å²) in [6.45, 7) is 3.65. The first kappa shape index (κ1) is 14.0. The van der Waals surface area contributed by atoms with Gasteiger partial charge in [0.05, 0.1) is 13.0 Å². The fourth-order valence-electron chi connectivity index (χ4n) is 1.45. The zero-order valence-corrected chi connectivity index (χ0v) is 10.6. The Bertz CT molecular complexity index is 430. The molecule has 0 heterocycles. The molecule has 0 aliphatic carbocycles. The number of carbonyl (C=O) groups is 2. The predicted molar refractivity (Wildman–Crippen MR) is 68.1 cm³/mol. The van der Waals surface area contributed by atoms with Gasteiger partial charge in [-0.2, -0.15) is 0 Å². The van der Waals surface area contributed by atoms with Crippen LogP contribution in [-0.4, -0.2) is 29.5 Å². The molecular formula is C13H18N2O3. The number of aromatic hydroxyl groups is 1. The number of benzene rings is 1. The smallest absolute Gasteiger partial charge is 0.239 e. The molecule has 0 unspecified atom stereocenters. The topological polar surface area (TPSA) is 78.4 Å². The standard InChI is InChI=1S/C13H18N2O3/c1-9(2)15-13(18)8-14-12(17)7-10-5-3-4-6-11(10)16/h3-6,9,16H,7-8H2,1-2H3,(H,14,17)(H,15,18). The van der Waals surface area contributed by atoms with Gasteiger partial charge in [0.1, 0.15) is 5.75 Å². The molecule has 0 bridgehead atoms. The summed E-state index contributed by atoms with van der Waals surface area (Å²) >= 11 is 0. The first-order chi connectivity index (χ1) is 8.49. The normalized spacial score (nSPS) is 10.2. The molecule has 3 N–H and O–H groups in total. The van der Waals surface area contributed by atoms with E-state index in [2.05, 4.69) is 10.6 Å². The maximum Gasteiger partial charge on any atom is 0.239 e. The van der Waals surface area contributed by atoms with Gasteiger partial charge in [-0.3, -0.25) is 9.59 Å². The van der Waals surface area contributed by atoms with Gasteiger partial charge in [0, 0.05) is 11.6 Å². The Hall–Kier alpha value is -2.04. The third kappa shape index (κ3) is 4.86. The van der Waals surface area contributed by atoms with Crippen molar-refractivity contribution in [3.05, 3.63) is 29.8 Å². The van der Waals surface area contributed by atoms with Crippen molar-refractivity contribution in [2.24, 2.45) is 0 Å². The number of amides is 2. The van der Waals surface area contributed by atoms with E-state index in [1.165, 1.54) is 6.07 Å². The van der Waals surface area contributed by atoms with Crippen molar-refractivity contribution in [1.82, 2.24) is 10.6 Å². The lowest BCUT2D eigenvalue weighted by molar-refractivity contribution is -0.126. The third-order valence-electron chi connectivity index (χ3n) is 2.24. The van der Waals surface area contributed by atoms with Gasteiger partial charge in [-0.1, -0.05) is 18.2 Å². The average molecular weight is 250 g/mol. The van der Waals surface area contributed by atoms with Gasteiger partial charge >= 0.3 is 0 Å². The maximum absolute atomic E-state index is 11.6. The van der Waals surface area contributed by atoms with Crippen molar-refractivity contribution in [2.45, 2.75) is 26.3 Å². The van der Waals surface area contributed by atoms with Gasteiger partial charge in [-0.05, 0) is 19.9 Å². The summed E-state index contributed by atoms with van der Waals surface area (Å²) in [7, 11) is 0. The molecule has 0 aliphatic rings. The van der Waals surface area contributed by atoms with Gasteiger partial charge < -0.3 is 15.7 Å². The minimum atomic E-state index is -0.296. The van der Waals surface area contributed by atoms with Crippen molar-refractivity contribution in [3.63, 3.8) is 0 Å². The highest BCUT2D eigenvalue weighted by molar-refractivity contribution is 5.86. The van der Waals surface area contributed by atoms with Crippen LogP contribution in [0.1, 0.15) is 19.4 Å². The van der Waals surface area contributed by atoms with E-state index in [-0.39, 0.29) is 36.6 Å². The summed E-state index contributed by atoms with van der Waals surface area (Å²) in [5, 5.41) is 14.7. The van der Waals surface area contributed by atoms with Crippen LogP contribution in [0.15, 0.2) is 24.3 Å². The first-order valence-electron chi connectivity index (χ1n) is 5.82. The molecule has 0 aliphatic heterocycles. The molecule has 1 rings (SSSR count). The van der Waals surface area contributed by atoms with E-state index < -0.39 is 0 Å². The van der Waals surface area contributed by atoms with E-state index in [0.717, 1.165) is 0 Å². The number of hydrogen-bond acceptors (Lipinski definition) is 3. The molecule has 0 fully saturated rings. The Balaban J connectivity index is 2.39. The van der Waals surface area contributed by atoms with E-state index in [1.54, 1.807) is 18.2 Å². The van der Waals surface area contributed by atoms with Crippen LogP contribution in [0.25, 0.3) is 0 Å². The van der Waals surface area contributed by atoms with E-state index in [9.17, 15) is 14.7 Å². The second-order valence-corrected chi connectivity index (χ2v) is 4.30. The highest BCUT2D eigenvalue weighted by atomic mass is 16.3. The minimum Gasteiger partial charge on any atom is -0.508 e. The maximum atomic E-state index is 11.6. The summed E-state index contributed by atoms with van der Waals surface area (Å²) in [6.07, 6.45) is 0.0572. The zero-order valence-electron chi connectivity index (χ0n) is 10.6. The second kappa shape index (κ2) is 6.64. The average Bonchev–Trinajstić information content (AvgIpc) is 2.29. The SMILES string of the molecule is CC(C)NC(=O)CNC(=O)Cc1ccccc1O. The molecule has 1 aromatic carbocycles. The van der Waals surface area contributed by atoms with Gasteiger partial charge in [0.2, 0.25) is 11.8 Å². The van der Waals surface area contributed by atoms with Crippen LogP contribution in [0.2, 0.25) is 0 Å². The number of hydrogen-bond donors (Lipinski definition) is 3. The molecule has 0 saturated heterocycles. The summed E-state index contributed by atoms with van der Waals surface area (Å²) in [5.41, 5.74) is 0.541. The van der Waals surface area contributed by atoms with Gasteiger partial charge in [-0.15, -0.1) is 0 Å². The van der Waals surface area contributed by atoms with Gasteiger partial charge in [0.15, 0.2) is 0 Å². The molecule has 0 atom stereocenters. The van der Waals surface area contributed by atoms with Crippen molar-refractivity contribution in [2.75, 3.05) is 6.54 Å². The van der Waals surface area contributed by atoms with Crippen molar-refractivity contribution in [3.8, 4) is 5.75 Å². The largest absolute Gasteiger partial charge is 0.508 e. The van der Waals surface area contributed by atoms with Crippen LogP contribution in [-0.2, 0) is 16.0 Å². The number of para-hydroxylation sites is 1. The third-order valence-corrected chi connectivity index (χ3v) is 2.24.